The van der Waals surface area contributed by atoms with Crippen LogP contribution < -0.4 is 10.6 Å². The number of nitrogens with zero attached hydrogens (tertiary/aromatic N) is 2. The number of hydrogen-bond acceptors (Lipinski definition) is 5. The quantitative estimate of drug-likeness (QED) is 0.685. The molecule has 25 heavy (non-hydrogen) atoms. The Morgan fingerprint density at radius 1 is 1.08 bits per heavy atom. The lowest BCUT2D eigenvalue weighted by Crippen LogP contribution is -2.18. The summed E-state index contributed by atoms with van der Waals surface area (Å²) in [5, 5.41) is 13.2. The Balaban J connectivity index is 2.21. The van der Waals surface area contributed by atoms with Crippen LogP contribution >= 0.6 is 0 Å². The molecule has 1 heterocycles. The number of anilines is 2. The second-order valence-corrected chi connectivity index (χ2v) is 4.81. The van der Waals surface area contributed by atoms with Gasteiger partial charge < -0.3 is 15.7 Å². The number of carboxylic acid groups (broad SMARTS) is 1. The molecule has 0 aliphatic carbocycles. The van der Waals surface area contributed by atoms with Crippen LogP contribution in [-0.2, 0) is 17.5 Å². The molecule has 0 aliphatic rings. The van der Waals surface area contributed by atoms with Crippen LogP contribution in [0.1, 0.15) is 11.3 Å². The van der Waals surface area contributed by atoms with E-state index in [1.165, 1.54) is 6.07 Å². The van der Waals surface area contributed by atoms with Crippen molar-refractivity contribution in [2.24, 2.45) is 0 Å². The van der Waals surface area contributed by atoms with Crippen LogP contribution in [0.25, 0.3) is 0 Å². The fourth-order valence-electron chi connectivity index (χ4n) is 1.76. The molecule has 0 atom stereocenters. The van der Waals surface area contributed by atoms with E-state index in [0.717, 1.165) is 12.1 Å². The zero-order valence-electron chi connectivity index (χ0n) is 12.4. The molecule has 11 heteroatoms. The van der Waals surface area contributed by atoms with Crippen molar-refractivity contribution < 1.29 is 31.9 Å². The van der Waals surface area contributed by atoms with Crippen molar-refractivity contribution in [1.29, 1.82) is 0 Å². The van der Waals surface area contributed by atoms with Gasteiger partial charge in [-0.15, -0.1) is 0 Å². The van der Waals surface area contributed by atoms with Gasteiger partial charge in [-0.05, 0) is 17.7 Å². The molecule has 2 aromatic rings. The summed E-state index contributed by atoms with van der Waals surface area (Å²) in [4.78, 5) is 17.4. The molecule has 0 fully saturated rings. The summed E-state index contributed by atoms with van der Waals surface area (Å²) >= 11 is 0. The smallest absolute Gasteiger partial charge is 0.433 e. The number of carbonyl (C=O) groups is 1. The topological polar surface area (TPSA) is 87.1 Å². The van der Waals surface area contributed by atoms with Crippen molar-refractivity contribution in [3.8, 4) is 0 Å². The number of aromatic nitrogens is 2. The molecule has 134 valence electrons. The van der Waals surface area contributed by atoms with E-state index in [-0.39, 0.29) is 17.9 Å². The Hall–Kier alpha value is -2.98. The van der Waals surface area contributed by atoms with Gasteiger partial charge in [0.05, 0.1) is 0 Å². The summed E-state index contributed by atoms with van der Waals surface area (Å²) in [6.45, 7) is -0.812. The normalized spacial score (nSPS) is 11.2. The van der Waals surface area contributed by atoms with E-state index in [2.05, 4.69) is 20.6 Å². The van der Waals surface area contributed by atoms with Gasteiger partial charge in [0.25, 0.3) is 0 Å². The van der Waals surface area contributed by atoms with E-state index < -0.39 is 42.0 Å². The fourth-order valence-corrected chi connectivity index (χ4v) is 1.76. The third kappa shape index (κ3) is 5.26. The SMILES string of the molecule is O=C(O)CNc1nc(NCc2ccc(F)c(F)c2)cc(C(F)(F)F)n1. The summed E-state index contributed by atoms with van der Waals surface area (Å²) < 4.78 is 64.5. The number of halogens is 5. The zero-order valence-corrected chi connectivity index (χ0v) is 12.4. The van der Waals surface area contributed by atoms with Gasteiger partial charge in [-0.1, -0.05) is 6.07 Å². The Morgan fingerprint density at radius 3 is 2.40 bits per heavy atom. The molecule has 6 nitrogen and oxygen atoms in total. The number of hydrogen-bond donors (Lipinski definition) is 3. The van der Waals surface area contributed by atoms with Gasteiger partial charge in [0.1, 0.15) is 12.4 Å². The first kappa shape index (κ1) is 18.4. The molecule has 0 unspecified atom stereocenters. The minimum Gasteiger partial charge on any atom is -0.480 e. The highest BCUT2D eigenvalue weighted by Gasteiger charge is 2.33. The maximum absolute atomic E-state index is 13.1. The van der Waals surface area contributed by atoms with E-state index in [9.17, 15) is 26.7 Å². The van der Waals surface area contributed by atoms with E-state index in [4.69, 9.17) is 5.11 Å². The van der Waals surface area contributed by atoms with Crippen LogP contribution in [0.5, 0.6) is 0 Å². The zero-order chi connectivity index (χ0) is 18.6. The molecule has 0 saturated carbocycles. The molecule has 1 aromatic carbocycles. The number of alkyl halides is 3. The summed E-state index contributed by atoms with van der Waals surface area (Å²) in [7, 11) is 0. The molecular formula is C14H11F5N4O2. The molecule has 2 rings (SSSR count). The number of carboxylic acids is 1. The third-order valence-corrected chi connectivity index (χ3v) is 2.87. The maximum atomic E-state index is 13.1. The largest absolute Gasteiger partial charge is 0.480 e. The van der Waals surface area contributed by atoms with Gasteiger partial charge in [0.2, 0.25) is 5.95 Å². The molecule has 0 aliphatic heterocycles. The highest BCUT2D eigenvalue weighted by Crippen LogP contribution is 2.29. The first-order valence-electron chi connectivity index (χ1n) is 6.75. The Bertz CT molecular complexity index is 782. The number of aliphatic carboxylic acids is 1. The van der Waals surface area contributed by atoms with Gasteiger partial charge in [0, 0.05) is 12.6 Å². The number of rotatable bonds is 6. The van der Waals surface area contributed by atoms with Gasteiger partial charge in [-0.25, -0.2) is 13.8 Å². The van der Waals surface area contributed by atoms with E-state index in [1.807, 2.05) is 0 Å². The van der Waals surface area contributed by atoms with Gasteiger partial charge in [-0.3, -0.25) is 4.79 Å². The molecule has 0 radical (unpaired) electrons. The lowest BCUT2D eigenvalue weighted by atomic mass is 10.2. The molecule has 0 bridgehead atoms. The number of benzene rings is 1. The highest BCUT2D eigenvalue weighted by molar-refractivity contribution is 5.71. The molecule has 0 amide bonds. The van der Waals surface area contributed by atoms with Gasteiger partial charge in [-0.2, -0.15) is 18.2 Å². The molecular weight excluding hydrogens is 351 g/mol. The summed E-state index contributed by atoms with van der Waals surface area (Å²) in [5.74, 6) is -4.26. The van der Waals surface area contributed by atoms with Gasteiger partial charge >= 0.3 is 12.1 Å². The van der Waals surface area contributed by atoms with Crippen LogP contribution in [0.3, 0.4) is 0 Å². The predicted molar refractivity (Wildman–Crippen MR) is 76.8 cm³/mol. The Kier molecular flexibility index (Phi) is 5.35. The summed E-state index contributed by atoms with van der Waals surface area (Å²) in [6.07, 6.45) is -4.78. The van der Waals surface area contributed by atoms with Crippen molar-refractivity contribution in [3.05, 3.63) is 47.2 Å². The summed E-state index contributed by atoms with van der Waals surface area (Å²) in [5.41, 5.74) is -1.02. The van der Waals surface area contributed by atoms with E-state index in [1.54, 1.807) is 0 Å². The van der Waals surface area contributed by atoms with E-state index >= 15 is 0 Å². The van der Waals surface area contributed by atoms with Crippen LogP contribution in [-0.4, -0.2) is 27.6 Å². The molecule has 3 N–H and O–H groups in total. The standard InChI is InChI=1S/C14H11F5N4O2/c15-8-2-1-7(3-9(8)16)5-20-11-4-10(14(17,18)19)22-13(23-11)21-6-12(24)25/h1-4H,5-6H2,(H,24,25)(H2,20,21,22,23). The van der Waals surface area contributed by atoms with Crippen LogP contribution in [0, 0.1) is 11.6 Å². The first-order valence-corrected chi connectivity index (χ1v) is 6.75. The molecule has 0 spiro atoms. The minimum absolute atomic E-state index is 0.135. The lowest BCUT2D eigenvalue weighted by molar-refractivity contribution is -0.141. The second kappa shape index (κ2) is 7.28. The number of nitrogens with one attached hydrogen (secondary N) is 2. The highest BCUT2D eigenvalue weighted by atomic mass is 19.4. The fraction of sp³-hybridized carbons (Fsp3) is 0.214. The van der Waals surface area contributed by atoms with Crippen molar-refractivity contribution in [1.82, 2.24) is 9.97 Å². The van der Waals surface area contributed by atoms with Gasteiger partial charge in [0.15, 0.2) is 17.3 Å². The Morgan fingerprint density at radius 2 is 1.80 bits per heavy atom. The van der Waals surface area contributed by atoms with Crippen LogP contribution in [0.4, 0.5) is 33.7 Å². The van der Waals surface area contributed by atoms with Crippen molar-refractivity contribution >= 4 is 17.7 Å². The van der Waals surface area contributed by atoms with Crippen LogP contribution in [0.2, 0.25) is 0 Å². The molecule has 1 aromatic heterocycles. The predicted octanol–water partition coefficient (Wildman–Crippen LogP) is 2.88. The average Bonchev–Trinajstić information content (AvgIpc) is 2.53. The first-order chi connectivity index (χ1) is 11.6. The monoisotopic (exact) mass is 362 g/mol. The van der Waals surface area contributed by atoms with E-state index in [0.29, 0.717) is 6.07 Å². The van der Waals surface area contributed by atoms with Crippen molar-refractivity contribution in [2.45, 2.75) is 12.7 Å². The third-order valence-electron chi connectivity index (χ3n) is 2.87. The maximum Gasteiger partial charge on any atom is 0.433 e. The molecule has 0 saturated heterocycles. The Labute approximate surface area is 137 Å². The summed E-state index contributed by atoms with van der Waals surface area (Å²) in [6, 6.07) is 3.64. The average molecular weight is 362 g/mol. The van der Waals surface area contributed by atoms with Crippen molar-refractivity contribution in [2.75, 3.05) is 17.2 Å². The van der Waals surface area contributed by atoms with Crippen molar-refractivity contribution in [3.63, 3.8) is 0 Å². The van der Waals surface area contributed by atoms with Crippen LogP contribution in [0.15, 0.2) is 24.3 Å². The minimum atomic E-state index is -4.78. The second-order valence-electron chi connectivity index (χ2n) is 4.81. The lowest BCUT2D eigenvalue weighted by Gasteiger charge is -2.12.